The highest BCUT2D eigenvalue weighted by atomic mass is 14.7. The van der Waals surface area contributed by atoms with Crippen molar-refractivity contribution in [3.05, 3.63) is 47.9 Å². The summed E-state index contributed by atoms with van der Waals surface area (Å²) in [5.41, 5.74) is 4.59. The van der Waals surface area contributed by atoms with Crippen LogP contribution in [-0.4, -0.2) is 9.97 Å². The minimum atomic E-state index is 0.997. The molecule has 2 rings (SSSR count). The minimum Gasteiger partial charge on any atom is -0.264 e. The fourth-order valence-corrected chi connectivity index (χ4v) is 1.67. The molecule has 0 spiro atoms. The summed E-state index contributed by atoms with van der Waals surface area (Å²) >= 11 is 0. The normalized spacial score (nSPS) is 10.3. The van der Waals surface area contributed by atoms with E-state index < -0.39 is 0 Å². The molecule has 0 aromatic carbocycles. The summed E-state index contributed by atoms with van der Waals surface area (Å²) in [6.07, 6.45) is 6.56. The van der Waals surface area contributed by atoms with Crippen LogP contribution in [0.2, 0.25) is 0 Å². The first-order chi connectivity index (χ1) is 7.31. The maximum Gasteiger partial charge on any atom is 0.0749 e. The maximum atomic E-state index is 4.42. The van der Waals surface area contributed by atoms with Gasteiger partial charge in [0.25, 0.3) is 0 Å². The molecule has 0 radical (unpaired) electrons. The van der Waals surface area contributed by atoms with Crippen molar-refractivity contribution in [3.8, 4) is 11.3 Å². The third kappa shape index (κ3) is 2.04. The van der Waals surface area contributed by atoms with Gasteiger partial charge in [-0.15, -0.1) is 0 Å². The van der Waals surface area contributed by atoms with Crippen LogP contribution in [0.4, 0.5) is 0 Å². The van der Waals surface area contributed by atoms with Crippen molar-refractivity contribution in [2.24, 2.45) is 0 Å². The molecule has 0 saturated heterocycles. The lowest BCUT2D eigenvalue weighted by atomic mass is 10.0. The highest BCUT2D eigenvalue weighted by molar-refractivity contribution is 5.62. The maximum absolute atomic E-state index is 4.42. The molecule has 2 aromatic heterocycles. The van der Waals surface area contributed by atoms with E-state index in [1.165, 1.54) is 11.1 Å². The van der Waals surface area contributed by atoms with Crippen LogP contribution >= 0.6 is 0 Å². The molecule has 2 heterocycles. The molecule has 2 heteroatoms. The summed E-state index contributed by atoms with van der Waals surface area (Å²) in [4.78, 5) is 8.62. The average molecular weight is 198 g/mol. The molecule has 0 aliphatic heterocycles. The standard InChI is InChI=1S/C13H14N2/c1-3-11-5-4-6-15-13(11)12-7-10(2)8-14-9-12/h4-9H,3H2,1-2H3. The Hall–Kier alpha value is -1.70. The molecular formula is C13H14N2. The smallest absolute Gasteiger partial charge is 0.0749 e. The zero-order chi connectivity index (χ0) is 10.7. The Morgan fingerprint density at radius 2 is 2.13 bits per heavy atom. The Morgan fingerprint density at radius 1 is 1.27 bits per heavy atom. The number of aromatic nitrogens is 2. The fourth-order valence-electron chi connectivity index (χ4n) is 1.67. The van der Waals surface area contributed by atoms with Gasteiger partial charge in [-0.05, 0) is 36.6 Å². The Bertz CT molecular complexity index is 464. The van der Waals surface area contributed by atoms with Crippen molar-refractivity contribution in [3.63, 3.8) is 0 Å². The second-order valence-corrected chi connectivity index (χ2v) is 3.62. The van der Waals surface area contributed by atoms with Gasteiger partial charge in [0.15, 0.2) is 0 Å². The van der Waals surface area contributed by atoms with E-state index in [9.17, 15) is 0 Å². The van der Waals surface area contributed by atoms with Crippen molar-refractivity contribution in [1.82, 2.24) is 9.97 Å². The topological polar surface area (TPSA) is 25.8 Å². The summed E-state index contributed by atoms with van der Waals surface area (Å²) in [5, 5.41) is 0. The van der Waals surface area contributed by atoms with Gasteiger partial charge < -0.3 is 0 Å². The molecule has 2 aromatic rings. The van der Waals surface area contributed by atoms with Crippen molar-refractivity contribution >= 4 is 0 Å². The van der Waals surface area contributed by atoms with Crippen LogP contribution in [0.15, 0.2) is 36.8 Å². The van der Waals surface area contributed by atoms with Gasteiger partial charge in [0.1, 0.15) is 0 Å². The quantitative estimate of drug-likeness (QED) is 0.741. The van der Waals surface area contributed by atoms with Gasteiger partial charge in [-0.3, -0.25) is 9.97 Å². The van der Waals surface area contributed by atoms with Gasteiger partial charge in [-0.1, -0.05) is 13.0 Å². The minimum absolute atomic E-state index is 0.997. The van der Waals surface area contributed by atoms with E-state index in [4.69, 9.17) is 0 Å². The lowest BCUT2D eigenvalue weighted by Crippen LogP contribution is -1.92. The van der Waals surface area contributed by atoms with Gasteiger partial charge in [-0.2, -0.15) is 0 Å². The van der Waals surface area contributed by atoms with E-state index in [1.54, 1.807) is 0 Å². The van der Waals surface area contributed by atoms with Crippen LogP contribution in [0.5, 0.6) is 0 Å². The zero-order valence-electron chi connectivity index (χ0n) is 9.07. The van der Waals surface area contributed by atoms with Gasteiger partial charge in [0.05, 0.1) is 5.69 Å². The van der Waals surface area contributed by atoms with Crippen molar-refractivity contribution in [1.29, 1.82) is 0 Å². The van der Waals surface area contributed by atoms with Crippen LogP contribution < -0.4 is 0 Å². The first-order valence-electron chi connectivity index (χ1n) is 5.17. The monoisotopic (exact) mass is 198 g/mol. The molecule has 0 atom stereocenters. The first kappa shape index (κ1) is 9.84. The summed E-state index contributed by atoms with van der Waals surface area (Å²) in [6.45, 7) is 4.19. The van der Waals surface area contributed by atoms with E-state index in [-0.39, 0.29) is 0 Å². The molecule has 0 aliphatic rings. The predicted molar refractivity (Wildman–Crippen MR) is 61.6 cm³/mol. The third-order valence-corrected chi connectivity index (χ3v) is 2.42. The summed E-state index contributed by atoms with van der Waals surface area (Å²) in [5.74, 6) is 0. The Morgan fingerprint density at radius 3 is 2.87 bits per heavy atom. The second kappa shape index (κ2) is 4.22. The van der Waals surface area contributed by atoms with Crippen LogP contribution in [0.25, 0.3) is 11.3 Å². The van der Waals surface area contributed by atoms with Crippen molar-refractivity contribution in [2.45, 2.75) is 20.3 Å². The molecule has 15 heavy (non-hydrogen) atoms. The second-order valence-electron chi connectivity index (χ2n) is 3.62. The van der Waals surface area contributed by atoms with Crippen LogP contribution in [0.3, 0.4) is 0 Å². The van der Waals surface area contributed by atoms with E-state index >= 15 is 0 Å². The third-order valence-electron chi connectivity index (χ3n) is 2.42. The fraction of sp³-hybridized carbons (Fsp3) is 0.231. The van der Waals surface area contributed by atoms with Crippen molar-refractivity contribution in [2.75, 3.05) is 0 Å². The molecule has 0 unspecified atom stereocenters. The number of hydrogen-bond donors (Lipinski definition) is 0. The largest absolute Gasteiger partial charge is 0.264 e. The van der Waals surface area contributed by atoms with Gasteiger partial charge >= 0.3 is 0 Å². The lowest BCUT2D eigenvalue weighted by Gasteiger charge is -2.06. The highest BCUT2D eigenvalue weighted by Crippen LogP contribution is 2.21. The first-order valence-corrected chi connectivity index (χ1v) is 5.17. The van der Waals surface area contributed by atoms with E-state index in [2.05, 4.69) is 29.0 Å². The molecular weight excluding hydrogens is 184 g/mol. The number of pyridine rings is 2. The molecule has 0 amide bonds. The zero-order valence-corrected chi connectivity index (χ0v) is 9.07. The Labute approximate surface area is 90.0 Å². The van der Waals surface area contributed by atoms with Gasteiger partial charge in [0.2, 0.25) is 0 Å². The van der Waals surface area contributed by atoms with Crippen LogP contribution in [-0.2, 0) is 6.42 Å². The van der Waals surface area contributed by atoms with Gasteiger partial charge in [0, 0.05) is 24.2 Å². The molecule has 0 saturated carbocycles. The van der Waals surface area contributed by atoms with E-state index in [1.807, 2.05) is 31.6 Å². The SMILES string of the molecule is CCc1cccnc1-c1cncc(C)c1. The molecule has 0 aliphatic carbocycles. The molecule has 2 nitrogen and oxygen atoms in total. The predicted octanol–water partition coefficient (Wildman–Crippen LogP) is 3.01. The number of hydrogen-bond acceptors (Lipinski definition) is 2. The summed E-state index contributed by atoms with van der Waals surface area (Å²) in [7, 11) is 0. The molecule has 0 bridgehead atoms. The van der Waals surface area contributed by atoms with E-state index in [0.717, 1.165) is 17.7 Å². The highest BCUT2D eigenvalue weighted by Gasteiger charge is 2.04. The number of nitrogens with zero attached hydrogens (tertiary/aromatic N) is 2. The number of rotatable bonds is 2. The number of aryl methyl sites for hydroxylation is 2. The molecule has 76 valence electrons. The summed E-state index contributed by atoms with van der Waals surface area (Å²) < 4.78 is 0. The van der Waals surface area contributed by atoms with Crippen LogP contribution in [0.1, 0.15) is 18.1 Å². The lowest BCUT2D eigenvalue weighted by molar-refractivity contribution is 1.10. The average Bonchev–Trinajstić information content (AvgIpc) is 2.29. The van der Waals surface area contributed by atoms with Crippen molar-refractivity contribution < 1.29 is 0 Å². The summed E-state index contributed by atoms with van der Waals surface area (Å²) in [6, 6.07) is 6.21. The van der Waals surface area contributed by atoms with E-state index in [0.29, 0.717) is 0 Å². The van der Waals surface area contributed by atoms with Gasteiger partial charge in [-0.25, -0.2) is 0 Å². The Kier molecular flexibility index (Phi) is 2.77. The van der Waals surface area contributed by atoms with Crippen LogP contribution in [0, 0.1) is 6.92 Å². The Balaban J connectivity index is 2.53. The molecule has 0 N–H and O–H groups in total. The molecule has 0 fully saturated rings.